The summed E-state index contributed by atoms with van der Waals surface area (Å²) in [5, 5.41) is 6.58. The van der Waals surface area contributed by atoms with Crippen molar-refractivity contribution >= 4 is 11.8 Å². The summed E-state index contributed by atoms with van der Waals surface area (Å²) in [6, 6.07) is 1.69. The number of hydrogen-bond acceptors (Lipinski definition) is 4. The Hall–Kier alpha value is -1.85. The fourth-order valence-corrected chi connectivity index (χ4v) is 2.28. The van der Waals surface area contributed by atoms with Crippen molar-refractivity contribution < 1.29 is 14.1 Å². The maximum atomic E-state index is 12.4. The van der Waals surface area contributed by atoms with E-state index < -0.39 is 5.54 Å². The minimum Gasteiger partial charge on any atom is -0.364 e. The summed E-state index contributed by atoms with van der Waals surface area (Å²) in [4.78, 5) is 25.7. The highest BCUT2D eigenvalue weighted by molar-refractivity contribution is 5.97. The third-order valence-electron chi connectivity index (χ3n) is 3.46. The molecule has 0 atom stereocenters. The predicted octanol–water partition coefficient (Wildman–Crippen LogP) is 0.692. The zero-order valence-electron chi connectivity index (χ0n) is 10.6. The summed E-state index contributed by atoms with van der Waals surface area (Å²) in [5.41, 5.74) is -0.113. The van der Waals surface area contributed by atoms with Crippen molar-refractivity contribution in [2.24, 2.45) is 0 Å². The van der Waals surface area contributed by atoms with Crippen LogP contribution in [0.3, 0.4) is 0 Å². The molecule has 0 aliphatic carbocycles. The molecule has 2 heterocycles. The van der Waals surface area contributed by atoms with Crippen LogP contribution in [0.4, 0.5) is 0 Å². The first-order valence-electron chi connectivity index (χ1n) is 6.11. The van der Waals surface area contributed by atoms with Gasteiger partial charge in [0.15, 0.2) is 0 Å². The van der Waals surface area contributed by atoms with E-state index in [0.717, 1.165) is 0 Å². The SMILES string of the molecule is CCC1(CC)NC(=O)CN(Cc2ccon2)C1=O. The molecule has 18 heavy (non-hydrogen) atoms. The van der Waals surface area contributed by atoms with Crippen molar-refractivity contribution in [3.8, 4) is 0 Å². The van der Waals surface area contributed by atoms with Gasteiger partial charge in [-0.25, -0.2) is 0 Å². The van der Waals surface area contributed by atoms with Crippen molar-refractivity contribution in [2.45, 2.75) is 38.8 Å². The van der Waals surface area contributed by atoms with E-state index in [4.69, 9.17) is 4.52 Å². The Balaban J connectivity index is 2.20. The number of rotatable bonds is 4. The maximum Gasteiger partial charge on any atom is 0.249 e. The van der Waals surface area contributed by atoms with E-state index in [-0.39, 0.29) is 18.4 Å². The summed E-state index contributed by atoms with van der Waals surface area (Å²) >= 11 is 0. The summed E-state index contributed by atoms with van der Waals surface area (Å²) in [5.74, 6) is -0.170. The lowest BCUT2D eigenvalue weighted by atomic mass is 9.89. The van der Waals surface area contributed by atoms with Crippen LogP contribution in [-0.2, 0) is 16.1 Å². The highest BCUT2D eigenvalue weighted by Gasteiger charge is 2.43. The lowest BCUT2D eigenvalue weighted by Crippen LogP contribution is -2.65. The van der Waals surface area contributed by atoms with Gasteiger partial charge in [0.1, 0.15) is 24.0 Å². The van der Waals surface area contributed by atoms with E-state index in [1.807, 2.05) is 13.8 Å². The molecule has 1 aromatic rings. The minimum atomic E-state index is -0.765. The number of nitrogens with zero attached hydrogens (tertiary/aromatic N) is 2. The Kier molecular flexibility index (Phi) is 3.36. The lowest BCUT2D eigenvalue weighted by Gasteiger charge is -2.40. The van der Waals surface area contributed by atoms with Gasteiger partial charge in [0.2, 0.25) is 11.8 Å². The fraction of sp³-hybridized carbons (Fsp3) is 0.583. The second-order valence-electron chi connectivity index (χ2n) is 4.49. The number of carbonyl (C=O) groups excluding carboxylic acids is 2. The van der Waals surface area contributed by atoms with Gasteiger partial charge in [-0.05, 0) is 12.8 Å². The largest absolute Gasteiger partial charge is 0.364 e. The van der Waals surface area contributed by atoms with Crippen LogP contribution in [0.2, 0.25) is 0 Å². The van der Waals surface area contributed by atoms with Crippen LogP contribution in [0.15, 0.2) is 16.9 Å². The Morgan fingerprint density at radius 2 is 2.17 bits per heavy atom. The topological polar surface area (TPSA) is 75.4 Å². The molecule has 0 saturated carbocycles. The highest BCUT2D eigenvalue weighted by atomic mass is 16.5. The lowest BCUT2D eigenvalue weighted by molar-refractivity contribution is -0.151. The Bertz CT molecular complexity index is 437. The van der Waals surface area contributed by atoms with Gasteiger partial charge in [-0.2, -0.15) is 0 Å². The Morgan fingerprint density at radius 3 is 2.72 bits per heavy atom. The third-order valence-corrected chi connectivity index (χ3v) is 3.46. The number of carbonyl (C=O) groups is 2. The predicted molar refractivity (Wildman–Crippen MR) is 63.4 cm³/mol. The summed E-state index contributed by atoms with van der Waals surface area (Å²) in [6.45, 7) is 4.19. The van der Waals surface area contributed by atoms with E-state index >= 15 is 0 Å². The van der Waals surface area contributed by atoms with E-state index in [1.54, 1.807) is 6.07 Å². The maximum absolute atomic E-state index is 12.4. The molecular weight excluding hydrogens is 234 g/mol. The van der Waals surface area contributed by atoms with Gasteiger partial charge in [0.25, 0.3) is 0 Å². The fourth-order valence-electron chi connectivity index (χ4n) is 2.28. The van der Waals surface area contributed by atoms with Crippen LogP contribution in [0.1, 0.15) is 32.4 Å². The van der Waals surface area contributed by atoms with Crippen LogP contribution in [0.5, 0.6) is 0 Å². The molecule has 1 saturated heterocycles. The number of nitrogens with one attached hydrogen (secondary N) is 1. The molecule has 98 valence electrons. The molecule has 2 amide bonds. The molecule has 1 N–H and O–H groups in total. The van der Waals surface area contributed by atoms with Crippen LogP contribution >= 0.6 is 0 Å². The second kappa shape index (κ2) is 4.80. The van der Waals surface area contributed by atoms with E-state index in [2.05, 4.69) is 10.5 Å². The molecule has 1 fully saturated rings. The quantitative estimate of drug-likeness (QED) is 0.854. The summed E-state index contributed by atoms with van der Waals surface area (Å²) in [6.07, 6.45) is 2.63. The van der Waals surface area contributed by atoms with E-state index in [1.165, 1.54) is 11.2 Å². The molecule has 0 aromatic carbocycles. The van der Waals surface area contributed by atoms with Crippen LogP contribution in [0.25, 0.3) is 0 Å². The first kappa shape index (κ1) is 12.6. The number of amides is 2. The monoisotopic (exact) mass is 251 g/mol. The molecule has 2 rings (SSSR count). The summed E-state index contributed by atoms with van der Waals surface area (Å²) in [7, 11) is 0. The summed E-state index contributed by atoms with van der Waals surface area (Å²) < 4.78 is 4.73. The van der Waals surface area contributed by atoms with E-state index in [0.29, 0.717) is 25.1 Å². The van der Waals surface area contributed by atoms with Gasteiger partial charge in [0.05, 0.1) is 6.54 Å². The minimum absolute atomic E-state index is 0.0462. The first-order chi connectivity index (χ1) is 8.61. The third kappa shape index (κ3) is 2.10. The average molecular weight is 251 g/mol. The molecule has 0 bridgehead atoms. The first-order valence-corrected chi connectivity index (χ1v) is 6.11. The molecule has 1 aliphatic rings. The zero-order valence-corrected chi connectivity index (χ0v) is 10.6. The van der Waals surface area contributed by atoms with Gasteiger partial charge in [-0.15, -0.1) is 0 Å². The molecule has 1 aromatic heterocycles. The number of aromatic nitrogens is 1. The van der Waals surface area contributed by atoms with Crippen LogP contribution in [-0.4, -0.2) is 34.0 Å². The number of hydrogen-bond donors (Lipinski definition) is 1. The second-order valence-corrected chi connectivity index (χ2v) is 4.49. The van der Waals surface area contributed by atoms with Crippen molar-refractivity contribution in [1.29, 1.82) is 0 Å². The van der Waals surface area contributed by atoms with Gasteiger partial charge >= 0.3 is 0 Å². The van der Waals surface area contributed by atoms with Gasteiger partial charge < -0.3 is 14.7 Å². The van der Waals surface area contributed by atoms with E-state index in [9.17, 15) is 9.59 Å². The van der Waals surface area contributed by atoms with Crippen molar-refractivity contribution in [2.75, 3.05) is 6.54 Å². The van der Waals surface area contributed by atoms with Crippen molar-refractivity contribution in [1.82, 2.24) is 15.4 Å². The smallest absolute Gasteiger partial charge is 0.249 e. The van der Waals surface area contributed by atoms with Gasteiger partial charge in [-0.3, -0.25) is 9.59 Å². The van der Waals surface area contributed by atoms with Crippen LogP contribution < -0.4 is 5.32 Å². The normalized spacial score (nSPS) is 18.9. The zero-order chi connectivity index (χ0) is 13.2. The standard InChI is InChI=1S/C12H17N3O3/c1-3-12(4-2)11(17)15(8-10(16)13-12)7-9-5-6-18-14-9/h5-6H,3-4,7-8H2,1-2H3,(H,13,16). The molecule has 1 aliphatic heterocycles. The molecule has 0 radical (unpaired) electrons. The van der Waals surface area contributed by atoms with Crippen molar-refractivity contribution in [3.05, 3.63) is 18.0 Å². The number of piperazine rings is 1. The highest BCUT2D eigenvalue weighted by Crippen LogP contribution is 2.23. The van der Waals surface area contributed by atoms with Gasteiger partial charge in [-0.1, -0.05) is 19.0 Å². The van der Waals surface area contributed by atoms with Gasteiger partial charge in [0, 0.05) is 6.07 Å². The average Bonchev–Trinajstić information content (AvgIpc) is 2.86. The van der Waals surface area contributed by atoms with Crippen molar-refractivity contribution in [3.63, 3.8) is 0 Å². The Labute approximate surface area is 105 Å². The molecule has 0 spiro atoms. The molecule has 6 nitrogen and oxygen atoms in total. The Morgan fingerprint density at radius 1 is 1.44 bits per heavy atom. The molecule has 0 unspecified atom stereocenters. The molecule has 6 heteroatoms. The molecular formula is C12H17N3O3. The van der Waals surface area contributed by atoms with Crippen LogP contribution in [0, 0.1) is 0 Å².